The summed E-state index contributed by atoms with van der Waals surface area (Å²) in [6, 6.07) is 17.8. The van der Waals surface area contributed by atoms with E-state index in [4.69, 9.17) is 10.00 Å². The van der Waals surface area contributed by atoms with Crippen molar-refractivity contribution in [1.29, 1.82) is 5.26 Å². The van der Waals surface area contributed by atoms with E-state index in [0.717, 1.165) is 25.9 Å². The number of nitriles is 1. The number of ether oxygens (including phenoxy) is 1. The summed E-state index contributed by atoms with van der Waals surface area (Å²) in [5.41, 5.74) is 3.08. The highest BCUT2D eigenvalue weighted by Crippen LogP contribution is 2.32. The molecule has 7 heteroatoms. The zero-order valence-corrected chi connectivity index (χ0v) is 16.0. The fourth-order valence-electron chi connectivity index (χ4n) is 2.00. The second kappa shape index (κ2) is 8.90. The number of hydrogen-bond acceptors (Lipinski definition) is 7. The lowest BCUT2D eigenvalue weighted by molar-refractivity contribution is 0.414. The van der Waals surface area contributed by atoms with E-state index in [9.17, 15) is 0 Å². The maximum Gasteiger partial charge on any atom is 0.175 e. The highest BCUT2D eigenvalue weighted by atomic mass is 32.2. The Labute approximate surface area is 159 Å². The molecule has 0 aliphatic heterocycles. The molecule has 0 atom stereocenters. The van der Waals surface area contributed by atoms with Crippen molar-refractivity contribution in [2.75, 3.05) is 7.11 Å². The Kier molecular flexibility index (Phi) is 6.34. The predicted octanol–water partition coefficient (Wildman–Crippen LogP) is 5.00. The van der Waals surface area contributed by atoms with Crippen LogP contribution in [0.5, 0.6) is 5.75 Å². The van der Waals surface area contributed by atoms with Crippen LogP contribution in [0.25, 0.3) is 0 Å². The van der Waals surface area contributed by atoms with Crippen LogP contribution in [-0.4, -0.2) is 17.3 Å². The van der Waals surface area contributed by atoms with E-state index in [0.29, 0.717) is 5.56 Å². The van der Waals surface area contributed by atoms with Gasteiger partial charge >= 0.3 is 0 Å². The van der Waals surface area contributed by atoms with Crippen molar-refractivity contribution in [1.82, 2.24) is 10.2 Å². The van der Waals surface area contributed by atoms with Gasteiger partial charge in [-0.1, -0.05) is 59.1 Å². The number of hydrogen-bond donors (Lipinski definition) is 0. The van der Waals surface area contributed by atoms with Gasteiger partial charge in [-0.15, -0.1) is 10.2 Å². The maximum atomic E-state index is 8.82. The van der Waals surface area contributed by atoms with E-state index >= 15 is 0 Å². The molecule has 1 aromatic heterocycles. The van der Waals surface area contributed by atoms with Gasteiger partial charge in [0.25, 0.3) is 0 Å². The summed E-state index contributed by atoms with van der Waals surface area (Å²) >= 11 is 4.97. The Bertz CT molecular complexity index is 855. The van der Waals surface area contributed by atoms with Gasteiger partial charge in [0, 0.05) is 11.5 Å². The standard InChI is InChI=1S/C18H15N3OS3/c1-22-16-8-6-15(7-9-16)12-24-18-21-20-17(25-18)23-11-14-4-2-13(10-19)3-5-14/h2-9H,11-12H2,1H3. The van der Waals surface area contributed by atoms with E-state index in [1.54, 1.807) is 42.0 Å². The van der Waals surface area contributed by atoms with E-state index in [2.05, 4.69) is 28.4 Å². The van der Waals surface area contributed by atoms with Crippen LogP contribution >= 0.6 is 34.9 Å². The average molecular weight is 386 g/mol. The van der Waals surface area contributed by atoms with Gasteiger partial charge < -0.3 is 4.74 Å². The summed E-state index contributed by atoms with van der Waals surface area (Å²) in [7, 11) is 1.67. The Morgan fingerprint density at radius 2 is 1.44 bits per heavy atom. The van der Waals surface area contributed by atoms with Crippen LogP contribution in [0.2, 0.25) is 0 Å². The first-order valence-corrected chi connectivity index (χ1v) is 10.3. The zero-order valence-electron chi connectivity index (χ0n) is 13.5. The number of methoxy groups -OCH3 is 1. The van der Waals surface area contributed by atoms with E-state index in [1.807, 2.05) is 36.4 Å². The van der Waals surface area contributed by atoms with Gasteiger partial charge in [0.2, 0.25) is 0 Å². The van der Waals surface area contributed by atoms with Crippen molar-refractivity contribution in [3.63, 3.8) is 0 Å². The Hall–Kier alpha value is -2.01. The quantitative estimate of drug-likeness (QED) is 0.533. The smallest absolute Gasteiger partial charge is 0.175 e. The van der Waals surface area contributed by atoms with Crippen LogP contribution in [0.15, 0.2) is 57.2 Å². The molecule has 0 aliphatic carbocycles. The molecule has 0 spiro atoms. The van der Waals surface area contributed by atoms with Crippen LogP contribution in [0.1, 0.15) is 16.7 Å². The summed E-state index contributed by atoms with van der Waals surface area (Å²) in [6.07, 6.45) is 0. The topological polar surface area (TPSA) is 58.8 Å². The van der Waals surface area contributed by atoms with E-state index < -0.39 is 0 Å². The third-order valence-electron chi connectivity index (χ3n) is 3.35. The highest BCUT2D eigenvalue weighted by Gasteiger charge is 2.07. The van der Waals surface area contributed by atoms with Gasteiger partial charge in [-0.05, 0) is 35.4 Å². The fourth-order valence-corrected chi connectivity index (χ4v) is 4.93. The first-order valence-electron chi connectivity index (χ1n) is 7.48. The Morgan fingerprint density at radius 3 is 1.92 bits per heavy atom. The highest BCUT2D eigenvalue weighted by molar-refractivity contribution is 8.02. The molecule has 0 aliphatic rings. The summed E-state index contributed by atoms with van der Waals surface area (Å²) in [5, 5.41) is 17.3. The monoisotopic (exact) mass is 385 g/mol. The van der Waals surface area contributed by atoms with Crippen LogP contribution < -0.4 is 4.74 Å². The molecule has 0 fully saturated rings. The lowest BCUT2D eigenvalue weighted by Crippen LogP contribution is -1.84. The summed E-state index contributed by atoms with van der Waals surface area (Å²) in [6.45, 7) is 0. The Morgan fingerprint density at radius 1 is 0.920 bits per heavy atom. The molecule has 0 unspecified atom stereocenters. The first kappa shape index (κ1) is 17.8. The van der Waals surface area contributed by atoms with E-state index in [1.165, 1.54) is 11.1 Å². The average Bonchev–Trinajstić information content (AvgIpc) is 3.13. The van der Waals surface area contributed by atoms with Crippen molar-refractivity contribution >= 4 is 34.9 Å². The van der Waals surface area contributed by atoms with Crippen molar-refractivity contribution in [3.8, 4) is 11.8 Å². The van der Waals surface area contributed by atoms with Crippen molar-refractivity contribution < 1.29 is 4.74 Å². The Balaban J connectivity index is 1.50. The summed E-state index contributed by atoms with van der Waals surface area (Å²) in [5.74, 6) is 2.55. The zero-order chi connectivity index (χ0) is 17.5. The molecule has 4 nitrogen and oxygen atoms in total. The van der Waals surface area contributed by atoms with Gasteiger partial charge in [-0.2, -0.15) is 5.26 Å². The van der Waals surface area contributed by atoms with Crippen molar-refractivity contribution in [3.05, 3.63) is 65.2 Å². The third-order valence-corrected chi connectivity index (χ3v) is 6.69. The minimum Gasteiger partial charge on any atom is -0.497 e. The second-order valence-electron chi connectivity index (χ2n) is 5.07. The van der Waals surface area contributed by atoms with Crippen LogP contribution in [0.3, 0.4) is 0 Å². The molecule has 0 bridgehead atoms. The number of aromatic nitrogens is 2. The number of thioether (sulfide) groups is 2. The second-order valence-corrected chi connectivity index (χ2v) is 8.49. The first-order chi connectivity index (χ1) is 12.3. The van der Waals surface area contributed by atoms with Gasteiger partial charge in [0.05, 0.1) is 18.7 Å². The number of rotatable bonds is 7. The molecule has 0 amide bonds. The molecule has 3 rings (SSSR count). The molecule has 0 saturated heterocycles. The minimum absolute atomic E-state index is 0.682. The number of nitrogens with zero attached hydrogens (tertiary/aromatic N) is 3. The molecule has 0 N–H and O–H groups in total. The van der Waals surface area contributed by atoms with Crippen LogP contribution in [-0.2, 0) is 11.5 Å². The van der Waals surface area contributed by atoms with Crippen LogP contribution in [0.4, 0.5) is 0 Å². The molecular weight excluding hydrogens is 370 g/mol. The van der Waals surface area contributed by atoms with Crippen LogP contribution in [0, 0.1) is 11.3 Å². The normalized spacial score (nSPS) is 10.4. The molecule has 3 aromatic rings. The molecule has 0 saturated carbocycles. The SMILES string of the molecule is COc1ccc(CSc2nnc(SCc3ccc(C#N)cc3)s2)cc1. The lowest BCUT2D eigenvalue weighted by atomic mass is 10.2. The molecule has 1 heterocycles. The predicted molar refractivity (Wildman–Crippen MR) is 103 cm³/mol. The fraction of sp³-hybridized carbons (Fsp3) is 0.167. The third kappa shape index (κ3) is 5.23. The lowest BCUT2D eigenvalue weighted by Gasteiger charge is -2.01. The molecule has 126 valence electrons. The molecular formula is C18H15N3OS3. The number of benzene rings is 2. The molecule has 25 heavy (non-hydrogen) atoms. The molecule has 2 aromatic carbocycles. The van der Waals surface area contributed by atoms with Gasteiger partial charge in [-0.25, -0.2) is 0 Å². The van der Waals surface area contributed by atoms with E-state index in [-0.39, 0.29) is 0 Å². The van der Waals surface area contributed by atoms with Crippen molar-refractivity contribution in [2.45, 2.75) is 20.2 Å². The maximum absolute atomic E-state index is 8.82. The van der Waals surface area contributed by atoms with Crippen molar-refractivity contribution in [2.24, 2.45) is 0 Å². The minimum atomic E-state index is 0.682. The summed E-state index contributed by atoms with van der Waals surface area (Å²) in [4.78, 5) is 0. The van der Waals surface area contributed by atoms with Gasteiger partial charge in [0.1, 0.15) is 5.75 Å². The summed E-state index contributed by atoms with van der Waals surface area (Å²) < 4.78 is 7.10. The molecule has 0 radical (unpaired) electrons. The largest absolute Gasteiger partial charge is 0.497 e. The van der Waals surface area contributed by atoms with Gasteiger partial charge in [0.15, 0.2) is 8.68 Å². The van der Waals surface area contributed by atoms with Gasteiger partial charge in [-0.3, -0.25) is 0 Å².